The number of nitrogens with one attached hydrogen (secondary N) is 1. The maximum atomic E-state index is 11.9. The summed E-state index contributed by atoms with van der Waals surface area (Å²) in [4.78, 5) is 11.9. The van der Waals surface area contributed by atoms with Crippen molar-refractivity contribution in [1.29, 1.82) is 0 Å². The van der Waals surface area contributed by atoms with Crippen LogP contribution in [0.3, 0.4) is 0 Å². The second-order valence-corrected chi connectivity index (χ2v) is 5.22. The summed E-state index contributed by atoms with van der Waals surface area (Å²) in [6, 6.07) is 12.5. The summed E-state index contributed by atoms with van der Waals surface area (Å²) in [5.41, 5.74) is 0.694. The molecule has 0 saturated heterocycles. The smallest absolute Gasteiger partial charge is 0.262 e. The van der Waals surface area contributed by atoms with Gasteiger partial charge in [-0.05, 0) is 28.1 Å². The SMILES string of the molecule is COc1cc(OC)cc(OCC(=O)Nc2ccccc2Br)c1. The lowest BCUT2D eigenvalue weighted by Gasteiger charge is -2.11. The summed E-state index contributed by atoms with van der Waals surface area (Å²) in [7, 11) is 3.11. The monoisotopic (exact) mass is 365 g/mol. The molecular formula is C16H16BrNO4. The van der Waals surface area contributed by atoms with Crippen molar-refractivity contribution in [3.05, 3.63) is 46.9 Å². The van der Waals surface area contributed by atoms with Crippen LogP contribution in [0.2, 0.25) is 0 Å². The normalized spacial score (nSPS) is 9.95. The number of para-hydroxylation sites is 1. The van der Waals surface area contributed by atoms with Gasteiger partial charge >= 0.3 is 0 Å². The summed E-state index contributed by atoms with van der Waals surface area (Å²) in [5, 5.41) is 2.76. The molecule has 0 saturated carbocycles. The van der Waals surface area contributed by atoms with Gasteiger partial charge in [0, 0.05) is 22.7 Å². The molecule has 5 nitrogen and oxygen atoms in total. The number of rotatable bonds is 6. The maximum absolute atomic E-state index is 11.9. The predicted octanol–water partition coefficient (Wildman–Crippen LogP) is 3.48. The highest BCUT2D eigenvalue weighted by Gasteiger charge is 2.08. The van der Waals surface area contributed by atoms with Crippen LogP contribution < -0.4 is 19.5 Å². The summed E-state index contributed by atoms with van der Waals surface area (Å²) < 4.78 is 16.6. The first-order chi connectivity index (χ1) is 10.6. The molecule has 22 heavy (non-hydrogen) atoms. The van der Waals surface area contributed by atoms with E-state index in [2.05, 4.69) is 21.2 Å². The van der Waals surface area contributed by atoms with E-state index < -0.39 is 0 Å². The van der Waals surface area contributed by atoms with Gasteiger partial charge in [0.2, 0.25) is 0 Å². The Bertz CT molecular complexity index is 638. The van der Waals surface area contributed by atoms with Gasteiger partial charge in [-0.25, -0.2) is 0 Å². The highest BCUT2D eigenvalue weighted by atomic mass is 79.9. The van der Waals surface area contributed by atoms with Gasteiger partial charge in [0.25, 0.3) is 5.91 Å². The van der Waals surface area contributed by atoms with Crippen molar-refractivity contribution >= 4 is 27.5 Å². The molecule has 0 aromatic heterocycles. The minimum absolute atomic E-state index is 0.113. The van der Waals surface area contributed by atoms with Crippen LogP contribution in [0.5, 0.6) is 17.2 Å². The fraction of sp³-hybridized carbons (Fsp3) is 0.188. The number of methoxy groups -OCH3 is 2. The van der Waals surface area contributed by atoms with Crippen molar-refractivity contribution in [3.63, 3.8) is 0 Å². The van der Waals surface area contributed by atoms with Crippen molar-refractivity contribution in [1.82, 2.24) is 0 Å². The molecule has 0 spiro atoms. The summed E-state index contributed by atoms with van der Waals surface area (Å²) in [6.07, 6.45) is 0. The molecule has 0 aliphatic rings. The average Bonchev–Trinajstić information content (AvgIpc) is 2.54. The zero-order valence-corrected chi connectivity index (χ0v) is 13.8. The molecule has 116 valence electrons. The molecule has 2 aromatic rings. The molecule has 0 aliphatic carbocycles. The topological polar surface area (TPSA) is 56.8 Å². The Morgan fingerprint density at radius 1 is 1.05 bits per heavy atom. The molecule has 2 rings (SSSR count). The van der Waals surface area contributed by atoms with E-state index in [-0.39, 0.29) is 12.5 Å². The van der Waals surface area contributed by atoms with Crippen molar-refractivity contribution in [2.45, 2.75) is 0 Å². The van der Waals surface area contributed by atoms with Gasteiger partial charge in [-0.1, -0.05) is 12.1 Å². The zero-order chi connectivity index (χ0) is 15.9. The molecule has 0 radical (unpaired) electrons. The number of carbonyl (C=O) groups excluding carboxylic acids is 1. The molecule has 1 amide bonds. The minimum Gasteiger partial charge on any atom is -0.496 e. The van der Waals surface area contributed by atoms with Crippen molar-refractivity contribution in [2.75, 3.05) is 26.1 Å². The first-order valence-corrected chi connectivity index (χ1v) is 7.32. The van der Waals surface area contributed by atoms with Crippen LogP contribution in [0.4, 0.5) is 5.69 Å². The predicted molar refractivity (Wildman–Crippen MR) is 87.8 cm³/mol. The first-order valence-electron chi connectivity index (χ1n) is 6.52. The van der Waals surface area contributed by atoms with Gasteiger partial charge in [0.15, 0.2) is 6.61 Å². The molecule has 1 N–H and O–H groups in total. The second-order valence-electron chi connectivity index (χ2n) is 4.37. The van der Waals surface area contributed by atoms with Crippen LogP contribution in [0, 0.1) is 0 Å². The Morgan fingerprint density at radius 2 is 1.64 bits per heavy atom. The number of hydrogen-bond donors (Lipinski definition) is 1. The van der Waals surface area contributed by atoms with Crippen LogP contribution in [-0.2, 0) is 4.79 Å². The number of hydrogen-bond acceptors (Lipinski definition) is 4. The number of halogens is 1. The molecule has 6 heteroatoms. The van der Waals surface area contributed by atoms with Crippen molar-refractivity contribution in [2.24, 2.45) is 0 Å². The number of amides is 1. The fourth-order valence-corrected chi connectivity index (χ4v) is 2.15. The fourth-order valence-electron chi connectivity index (χ4n) is 1.76. The average molecular weight is 366 g/mol. The zero-order valence-electron chi connectivity index (χ0n) is 12.3. The lowest BCUT2D eigenvalue weighted by atomic mass is 10.3. The van der Waals surface area contributed by atoms with Crippen molar-refractivity contribution < 1.29 is 19.0 Å². The number of ether oxygens (including phenoxy) is 3. The molecule has 0 unspecified atom stereocenters. The van der Waals surface area contributed by atoms with E-state index >= 15 is 0 Å². The van der Waals surface area contributed by atoms with Crippen LogP contribution in [0.15, 0.2) is 46.9 Å². The van der Waals surface area contributed by atoms with Crippen LogP contribution in [0.25, 0.3) is 0 Å². The molecule has 0 atom stereocenters. The number of carbonyl (C=O) groups is 1. The van der Waals surface area contributed by atoms with Gasteiger partial charge in [0.1, 0.15) is 17.2 Å². The molecule has 0 aliphatic heterocycles. The van der Waals surface area contributed by atoms with E-state index in [0.717, 1.165) is 4.47 Å². The molecule has 0 heterocycles. The molecule has 0 fully saturated rings. The molecule has 0 bridgehead atoms. The standard InChI is InChI=1S/C16H16BrNO4/c1-20-11-7-12(21-2)9-13(8-11)22-10-16(19)18-15-6-4-3-5-14(15)17/h3-9H,10H2,1-2H3,(H,18,19). The Morgan fingerprint density at radius 3 is 2.23 bits per heavy atom. The van der Waals surface area contributed by atoms with E-state index in [1.807, 2.05) is 18.2 Å². The van der Waals surface area contributed by atoms with Gasteiger partial charge < -0.3 is 19.5 Å². The highest BCUT2D eigenvalue weighted by molar-refractivity contribution is 9.10. The third-order valence-electron chi connectivity index (χ3n) is 2.84. The van der Waals surface area contributed by atoms with Crippen molar-refractivity contribution in [3.8, 4) is 17.2 Å². The summed E-state index contributed by atoms with van der Waals surface area (Å²) >= 11 is 3.37. The quantitative estimate of drug-likeness (QED) is 0.851. The Balaban J connectivity index is 1.98. The first kappa shape index (κ1) is 16.2. The second kappa shape index (κ2) is 7.70. The van der Waals surface area contributed by atoms with Crippen LogP contribution in [0.1, 0.15) is 0 Å². The lowest BCUT2D eigenvalue weighted by Crippen LogP contribution is -2.20. The van der Waals surface area contributed by atoms with E-state index in [9.17, 15) is 4.79 Å². The third kappa shape index (κ3) is 4.39. The Hall–Kier alpha value is -2.21. The molecular weight excluding hydrogens is 350 g/mol. The highest BCUT2D eigenvalue weighted by Crippen LogP contribution is 2.27. The number of anilines is 1. The van der Waals surface area contributed by atoms with E-state index in [0.29, 0.717) is 22.9 Å². The third-order valence-corrected chi connectivity index (χ3v) is 3.53. The lowest BCUT2D eigenvalue weighted by molar-refractivity contribution is -0.118. The van der Waals surface area contributed by atoms with E-state index in [4.69, 9.17) is 14.2 Å². The number of benzene rings is 2. The Labute approximate surface area is 137 Å². The maximum Gasteiger partial charge on any atom is 0.262 e. The summed E-state index contributed by atoms with van der Waals surface area (Å²) in [6.45, 7) is -0.113. The minimum atomic E-state index is -0.256. The van der Waals surface area contributed by atoms with Gasteiger partial charge in [0.05, 0.1) is 19.9 Å². The molecule has 2 aromatic carbocycles. The Kier molecular flexibility index (Phi) is 5.66. The van der Waals surface area contributed by atoms with Gasteiger partial charge in [-0.2, -0.15) is 0 Å². The van der Waals surface area contributed by atoms with E-state index in [1.54, 1.807) is 38.5 Å². The van der Waals surface area contributed by atoms with E-state index in [1.165, 1.54) is 0 Å². The largest absolute Gasteiger partial charge is 0.496 e. The van der Waals surface area contributed by atoms with Gasteiger partial charge in [-0.15, -0.1) is 0 Å². The van der Waals surface area contributed by atoms with Gasteiger partial charge in [-0.3, -0.25) is 4.79 Å². The summed E-state index contributed by atoms with van der Waals surface area (Å²) in [5.74, 6) is 1.44. The van der Waals surface area contributed by atoms with Crippen LogP contribution in [-0.4, -0.2) is 26.7 Å². The van der Waals surface area contributed by atoms with Crippen LogP contribution >= 0.6 is 15.9 Å².